The second kappa shape index (κ2) is 7.70. The molecule has 1 amide bonds. The molecule has 1 saturated heterocycles. The molecule has 25 heavy (non-hydrogen) atoms. The predicted molar refractivity (Wildman–Crippen MR) is 94.2 cm³/mol. The summed E-state index contributed by atoms with van der Waals surface area (Å²) in [7, 11) is 0. The number of carbonyl (C=O) groups excluding carboxylic acids is 1. The summed E-state index contributed by atoms with van der Waals surface area (Å²) in [5.74, 6) is -1.04. The molecule has 2 rings (SSSR count). The summed E-state index contributed by atoms with van der Waals surface area (Å²) in [5, 5.41) is 8.98. The van der Waals surface area contributed by atoms with Gasteiger partial charge in [-0.15, -0.1) is 0 Å². The van der Waals surface area contributed by atoms with Crippen LogP contribution in [0.2, 0.25) is 0 Å². The molecule has 0 bridgehead atoms. The Balaban J connectivity index is 2.13. The number of piperidine rings is 1. The minimum Gasteiger partial charge on any atom is -0.480 e. The van der Waals surface area contributed by atoms with E-state index in [0.717, 1.165) is 4.47 Å². The minimum absolute atomic E-state index is 0.372. The van der Waals surface area contributed by atoms with E-state index in [9.17, 15) is 9.59 Å². The van der Waals surface area contributed by atoms with Crippen LogP contribution in [0.1, 0.15) is 39.3 Å². The number of hydrogen-bond acceptors (Lipinski definition) is 5. The smallest absolute Gasteiger partial charge is 0.410 e. The Morgan fingerprint density at radius 2 is 1.96 bits per heavy atom. The summed E-state index contributed by atoms with van der Waals surface area (Å²) in [6, 6.07) is 3.66. The van der Waals surface area contributed by atoms with Crippen molar-refractivity contribution in [2.24, 2.45) is 0 Å². The number of carboxylic acid groups (broad SMARTS) is 1. The summed E-state index contributed by atoms with van der Waals surface area (Å²) < 4.78 is 12.0. The van der Waals surface area contributed by atoms with Crippen LogP contribution < -0.4 is 0 Å². The zero-order valence-corrected chi connectivity index (χ0v) is 16.2. The number of aromatic nitrogens is 1. The number of hydrogen-bond donors (Lipinski definition) is 1. The van der Waals surface area contributed by atoms with Gasteiger partial charge in [0.1, 0.15) is 17.8 Å². The fourth-order valence-corrected chi connectivity index (χ4v) is 2.93. The third-order valence-corrected chi connectivity index (χ3v) is 4.36. The summed E-state index contributed by atoms with van der Waals surface area (Å²) in [4.78, 5) is 29.2. The van der Waals surface area contributed by atoms with Gasteiger partial charge < -0.3 is 19.5 Å². The average Bonchev–Trinajstić information content (AvgIpc) is 2.52. The first kappa shape index (κ1) is 19.7. The van der Waals surface area contributed by atoms with Crippen molar-refractivity contribution < 1.29 is 24.2 Å². The number of rotatable bonds is 4. The van der Waals surface area contributed by atoms with Crippen LogP contribution >= 0.6 is 15.9 Å². The maximum atomic E-state index is 12.2. The number of aliphatic carboxylic acids is 1. The van der Waals surface area contributed by atoms with Crippen molar-refractivity contribution in [3.8, 4) is 0 Å². The molecule has 0 radical (unpaired) electrons. The molecule has 0 aliphatic carbocycles. The average molecular weight is 415 g/mol. The van der Waals surface area contributed by atoms with E-state index in [-0.39, 0.29) is 6.09 Å². The van der Waals surface area contributed by atoms with Crippen molar-refractivity contribution in [3.63, 3.8) is 0 Å². The number of amides is 1. The van der Waals surface area contributed by atoms with Gasteiger partial charge in [0, 0.05) is 23.8 Å². The zero-order chi connectivity index (χ0) is 18.7. The normalized spacial score (nSPS) is 17.2. The molecule has 7 nitrogen and oxygen atoms in total. The van der Waals surface area contributed by atoms with Gasteiger partial charge in [-0.2, -0.15) is 0 Å². The monoisotopic (exact) mass is 414 g/mol. The van der Waals surface area contributed by atoms with Crippen molar-refractivity contribution in [2.45, 2.75) is 44.8 Å². The molecule has 1 N–H and O–H groups in total. The van der Waals surface area contributed by atoms with Gasteiger partial charge in [0.15, 0.2) is 0 Å². The molecule has 0 saturated carbocycles. The second-order valence-electron chi connectivity index (χ2n) is 7.01. The molecule has 1 aromatic rings. The van der Waals surface area contributed by atoms with Crippen molar-refractivity contribution >= 4 is 28.0 Å². The molecule has 1 aromatic heterocycles. The molecular formula is C17H23BrN2O5. The van der Waals surface area contributed by atoms with Gasteiger partial charge >= 0.3 is 12.1 Å². The predicted octanol–water partition coefficient (Wildman–Crippen LogP) is 3.17. The quantitative estimate of drug-likeness (QED) is 0.813. The molecule has 1 aliphatic rings. The van der Waals surface area contributed by atoms with E-state index in [2.05, 4.69) is 20.9 Å². The van der Waals surface area contributed by atoms with Gasteiger partial charge in [0.2, 0.25) is 0 Å². The maximum Gasteiger partial charge on any atom is 0.410 e. The number of pyridine rings is 1. The number of ether oxygens (including phenoxy) is 2. The lowest BCUT2D eigenvalue weighted by Crippen LogP contribution is -2.48. The van der Waals surface area contributed by atoms with Gasteiger partial charge in [-0.25, -0.2) is 9.59 Å². The third-order valence-electron chi connectivity index (χ3n) is 3.89. The van der Waals surface area contributed by atoms with Gasteiger partial charge in [-0.1, -0.05) is 0 Å². The van der Waals surface area contributed by atoms with Crippen molar-refractivity contribution in [2.75, 3.05) is 19.7 Å². The van der Waals surface area contributed by atoms with Crippen LogP contribution in [0.3, 0.4) is 0 Å². The maximum absolute atomic E-state index is 12.2. The Morgan fingerprint density at radius 3 is 2.44 bits per heavy atom. The van der Waals surface area contributed by atoms with Crippen LogP contribution in [0.4, 0.5) is 4.79 Å². The summed E-state index contributed by atoms with van der Waals surface area (Å²) in [5.41, 5.74) is -0.711. The topological polar surface area (TPSA) is 89.0 Å². The molecule has 8 heteroatoms. The Morgan fingerprint density at radius 1 is 1.32 bits per heavy atom. The first-order valence-electron chi connectivity index (χ1n) is 8.07. The van der Waals surface area contributed by atoms with Crippen LogP contribution in [-0.4, -0.2) is 52.4 Å². The summed E-state index contributed by atoms with van der Waals surface area (Å²) in [6.07, 6.45) is 2.19. The highest BCUT2D eigenvalue weighted by Gasteiger charge is 2.41. The Bertz CT molecular complexity index is 619. The van der Waals surface area contributed by atoms with E-state index in [1.165, 1.54) is 0 Å². The molecular weight excluding hydrogens is 392 g/mol. The zero-order valence-electron chi connectivity index (χ0n) is 14.6. The highest BCUT2D eigenvalue weighted by molar-refractivity contribution is 9.10. The summed E-state index contributed by atoms with van der Waals surface area (Å²) >= 11 is 3.34. The molecule has 1 aliphatic heterocycles. The summed E-state index contributed by atoms with van der Waals surface area (Å²) in [6.45, 7) is 5.87. The first-order valence-corrected chi connectivity index (χ1v) is 8.86. The van der Waals surface area contributed by atoms with Gasteiger partial charge in [0.25, 0.3) is 0 Å². The van der Waals surface area contributed by atoms with Crippen LogP contribution in [0, 0.1) is 0 Å². The largest absolute Gasteiger partial charge is 0.480 e. The van der Waals surface area contributed by atoms with E-state index < -0.39 is 23.8 Å². The first-order chi connectivity index (χ1) is 11.6. The lowest BCUT2D eigenvalue weighted by molar-refractivity contribution is -0.155. The standard InChI is InChI=1S/C17H23BrN2O5/c1-16(2,3)25-15(23)20-8-6-17(7-9-20,24-11-14(21)22)13-5-4-12(18)10-19-13/h4-5,10H,6-9,11H2,1-3H3,(H,21,22). The van der Waals surface area contributed by atoms with Gasteiger partial charge in [-0.05, 0) is 61.7 Å². The number of carbonyl (C=O) groups is 2. The van der Waals surface area contributed by atoms with Crippen LogP contribution in [0.25, 0.3) is 0 Å². The lowest BCUT2D eigenvalue weighted by atomic mass is 9.87. The minimum atomic E-state index is -1.04. The molecule has 0 spiro atoms. The number of likely N-dealkylation sites (tertiary alicyclic amines) is 1. The number of carboxylic acids is 1. The molecule has 0 aromatic carbocycles. The second-order valence-corrected chi connectivity index (χ2v) is 7.92. The fourth-order valence-electron chi connectivity index (χ4n) is 2.70. The van der Waals surface area contributed by atoms with Gasteiger partial charge in [-0.3, -0.25) is 4.98 Å². The van der Waals surface area contributed by atoms with E-state index in [0.29, 0.717) is 31.6 Å². The van der Waals surface area contributed by atoms with Crippen LogP contribution in [-0.2, 0) is 19.9 Å². The van der Waals surface area contributed by atoms with E-state index >= 15 is 0 Å². The van der Waals surface area contributed by atoms with E-state index in [1.807, 2.05) is 32.9 Å². The van der Waals surface area contributed by atoms with Crippen molar-refractivity contribution in [3.05, 3.63) is 28.5 Å². The van der Waals surface area contributed by atoms with Crippen molar-refractivity contribution in [1.29, 1.82) is 0 Å². The highest BCUT2D eigenvalue weighted by atomic mass is 79.9. The highest BCUT2D eigenvalue weighted by Crippen LogP contribution is 2.36. The van der Waals surface area contributed by atoms with Crippen LogP contribution in [0.5, 0.6) is 0 Å². The van der Waals surface area contributed by atoms with Crippen molar-refractivity contribution in [1.82, 2.24) is 9.88 Å². The molecule has 138 valence electrons. The van der Waals surface area contributed by atoms with E-state index in [1.54, 1.807) is 11.1 Å². The number of nitrogens with zero attached hydrogens (tertiary/aromatic N) is 2. The lowest BCUT2D eigenvalue weighted by Gasteiger charge is -2.41. The Hall–Kier alpha value is -1.67. The molecule has 0 atom stereocenters. The SMILES string of the molecule is CC(C)(C)OC(=O)N1CCC(OCC(=O)O)(c2ccc(Br)cn2)CC1. The van der Waals surface area contributed by atoms with E-state index in [4.69, 9.17) is 14.6 Å². The van der Waals surface area contributed by atoms with Crippen LogP contribution in [0.15, 0.2) is 22.8 Å². The Kier molecular flexibility index (Phi) is 6.05. The third kappa shape index (κ3) is 5.40. The molecule has 1 fully saturated rings. The molecule has 0 unspecified atom stereocenters. The Labute approximate surface area is 155 Å². The van der Waals surface area contributed by atoms with Gasteiger partial charge in [0.05, 0.1) is 5.69 Å². The molecule has 2 heterocycles. The number of halogens is 1. The fraction of sp³-hybridized carbons (Fsp3) is 0.588.